The maximum atomic E-state index is 12.9. The van der Waals surface area contributed by atoms with E-state index in [1.54, 1.807) is 29.6 Å². The zero-order valence-electron chi connectivity index (χ0n) is 15.8. The summed E-state index contributed by atoms with van der Waals surface area (Å²) in [7, 11) is 1.72. The van der Waals surface area contributed by atoms with Gasteiger partial charge in [0.2, 0.25) is 5.91 Å². The van der Waals surface area contributed by atoms with Gasteiger partial charge in [0.15, 0.2) is 0 Å². The van der Waals surface area contributed by atoms with Crippen LogP contribution in [-0.4, -0.2) is 34.9 Å². The number of halogens is 1. The van der Waals surface area contributed by atoms with Crippen LogP contribution in [0.25, 0.3) is 0 Å². The molecule has 8 heteroatoms. The Morgan fingerprint density at radius 3 is 2.59 bits per heavy atom. The van der Waals surface area contributed by atoms with E-state index in [1.807, 2.05) is 13.8 Å². The summed E-state index contributed by atoms with van der Waals surface area (Å²) in [5, 5.41) is 5.45. The normalized spacial score (nSPS) is 11.7. The number of hydrogen-bond acceptors (Lipinski definition) is 4. The molecule has 2 N–H and O–H groups in total. The van der Waals surface area contributed by atoms with E-state index in [-0.39, 0.29) is 18.3 Å². The first-order valence-corrected chi connectivity index (χ1v) is 9.71. The van der Waals surface area contributed by atoms with Crippen molar-refractivity contribution in [1.29, 1.82) is 0 Å². The molecular weight excluding hydrogens is 367 g/mol. The van der Waals surface area contributed by atoms with Crippen molar-refractivity contribution in [3.63, 3.8) is 0 Å². The fourth-order valence-electron chi connectivity index (χ4n) is 2.58. The molecule has 2 rings (SSSR count). The van der Waals surface area contributed by atoms with Gasteiger partial charge in [-0.25, -0.2) is 14.2 Å². The molecule has 1 aromatic heterocycles. The zero-order valence-corrected chi connectivity index (χ0v) is 16.6. The van der Waals surface area contributed by atoms with Gasteiger partial charge >= 0.3 is 6.03 Å². The highest BCUT2D eigenvalue weighted by Crippen LogP contribution is 2.15. The van der Waals surface area contributed by atoms with Crippen molar-refractivity contribution >= 4 is 23.3 Å². The first-order valence-electron chi connectivity index (χ1n) is 8.83. The Morgan fingerprint density at radius 2 is 2.00 bits per heavy atom. The smallest absolute Gasteiger partial charge is 0.315 e. The van der Waals surface area contributed by atoms with Crippen molar-refractivity contribution in [3.05, 3.63) is 51.7 Å². The molecule has 27 heavy (non-hydrogen) atoms. The van der Waals surface area contributed by atoms with Gasteiger partial charge < -0.3 is 15.5 Å². The Labute approximate surface area is 162 Å². The van der Waals surface area contributed by atoms with Crippen LogP contribution >= 0.6 is 11.3 Å². The standard InChI is InChI=1S/C19H25FN4O2S/c1-4-5-16(18(25)24(3)11-17-13(2)22-12-27-17)23-19(26)21-10-14-6-8-15(20)9-7-14/h6-9,12,16H,4-5,10-11H2,1-3H3,(H2,21,23,26). The number of aromatic nitrogens is 1. The molecule has 0 saturated carbocycles. The molecule has 0 aliphatic heterocycles. The van der Waals surface area contributed by atoms with Crippen molar-refractivity contribution < 1.29 is 14.0 Å². The molecule has 1 heterocycles. The predicted octanol–water partition coefficient (Wildman–Crippen LogP) is 3.22. The molecule has 1 unspecified atom stereocenters. The molecule has 0 aliphatic rings. The lowest BCUT2D eigenvalue weighted by molar-refractivity contribution is -0.132. The van der Waals surface area contributed by atoms with E-state index in [1.165, 1.54) is 23.5 Å². The Hall–Kier alpha value is -2.48. The van der Waals surface area contributed by atoms with Crippen LogP contribution in [0.2, 0.25) is 0 Å². The lowest BCUT2D eigenvalue weighted by Gasteiger charge is -2.24. The fraction of sp³-hybridized carbons (Fsp3) is 0.421. The Balaban J connectivity index is 1.90. The second kappa shape index (κ2) is 10.0. The third-order valence-corrected chi connectivity index (χ3v) is 5.07. The summed E-state index contributed by atoms with van der Waals surface area (Å²) >= 11 is 1.51. The van der Waals surface area contributed by atoms with Gasteiger partial charge in [0, 0.05) is 18.5 Å². The number of amides is 3. The molecule has 0 bridgehead atoms. The first kappa shape index (κ1) is 20.8. The molecule has 0 fully saturated rings. The summed E-state index contributed by atoms with van der Waals surface area (Å²) in [5.41, 5.74) is 3.45. The van der Waals surface area contributed by atoms with E-state index in [9.17, 15) is 14.0 Å². The maximum absolute atomic E-state index is 12.9. The van der Waals surface area contributed by atoms with E-state index in [2.05, 4.69) is 15.6 Å². The van der Waals surface area contributed by atoms with Crippen LogP contribution in [0.5, 0.6) is 0 Å². The number of hydrogen-bond donors (Lipinski definition) is 2. The summed E-state index contributed by atoms with van der Waals surface area (Å²) < 4.78 is 12.9. The zero-order chi connectivity index (χ0) is 19.8. The largest absolute Gasteiger partial charge is 0.339 e. The van der Waals surface area contributed by atoms with Gasteiger partial charge in [0.1, 0.15) is 11.9 Å². The molecule has 3 amide bonds. The predicted molar refractivity (Wildman–Crippen MR) is 104 cm³/mol. The Bertz CT molecular complexity index is 763. The van der Waals surface area contributed by atoms with E-state index < -0.39 is 12.1 Å². The van der Waals surface area contributed by atoms with Crippen LogP contribution < -0.4 is 10.6 Å². The number of thiazole rings is 1. The summed E-state index contributed by atoms with van der Waals surface area (Å²) in [5.74, 6) is -0.461. The van der Waals surface area contributed by atoms with E-state index >= 15 is 0 Å². The molecule has 0 aliphatic carbocycles. The lowest BCUT2D eigenvalue weighted by Crippen LogP contribution is -2.50. The summed E-state index contributed by atoms with van der Waals surface area (Å²) in [4.78, 5) is 31.8. The highest BCUT2D eigenvalue weighted by atomic mass is 32.1. The molecule has 1 aromatic carbocycles. The minimum Gasteiger partial charge on any atom is -0.339 e. The lowest BCUT2D eigenvalue weighted by atomic mass is 10.1. The molecule has 6 nitrogen and oxygen atoms in total. The van der Waals surface area contributed by atoms with Gasteiger partial charge in [-0.1, -0.05) is 25.5 Å². The summed E-state index contributed by atoms with van der Waals surface area (Å²) in [6, 6.07) is 4.88. The fourth-order valence-corrected chi connectivity index (χ4v) is 3.41. The molecule has 0 radical (unpaired) electrons. The molecule has 146 valence electrons. The Kier molecular flexibility index (Phi) is 7.72. The van der Waals surface area contributed by atoms with E-state index in [4.69, 9.17) is 0 Å². The number of aryl methyl sites for hydroxylation is 1. The van der Waals surface area contributed by atoms with Crippen LogP contribution in [0.4, 0.5) is 9.18 Å². The van der Waals surface area contributed by atoms with Crippen molar-refractivity contribution in [1.82, 2.24) is 20.5 Å². The van der Waals surface area contributed by atoms with Gasteiger partial charge in [0.25, 0.3) is 0 Å². The van der Waals surface area contributed by atoms with E-state index in [0.717, 1.165) is 22.6 Å². The monoisotopic (exact) mass is 392 g/mol. The second-order valence-electron chi connectivity index (χ2n) is 6.35. The van der Waals surface area contributed by atoms with Gasteiger partial charge in [0.05, 0.1) is 17.7 Å². The number of rotatable bonds is 8. The molecule has 0 spiro atoms. The third-order valence-electron chi connectivity index (χ3n) is 4.15. The number of nitrogens with one attached hydrogen (secondary N) is 2. The minimum atomic E-state index is -0.596. The van der Waals surface area contributed by atoms with Crippen LogP contribution in [0.1, 0.15) is 35.9 Å². The van der Waals surface area contributed by atoms with Crippen LogP contribution in [0.15, 0.2) is 29.8 Å². The quantitative estimate of drug-likeness (QED) is 0.724. The maximum Gasteiger partial charge on any atom is 0.315 e. The van der Waals surface area contributed by atoms with Crippen molar-refractivity contribution in [3.8, 4) is 0 Å². The molecule has 1 atom stereocenters. The van der Waals surface area contributed by atoms with Crippen LogP contribution in [0, 0.1) is 12.7 Å². The highest BCUT2D eigenvalue weighted by molar-refractivity contribution is 7.09. The van der Waals surface area contributed by atoms with Gasteiger partial charge in [-0.15, -0.1) is 11.3 Å². The number of nitrogens with zero attached hydrogens (tertiary/aromatic N) is 2. The van der Waals surface area contributed by atoms with Gasteiger partial charge in [-0.2, -0.15) is 0 Å². The minimum absolute atomic E-state index is 0.137. The second-order valence-corrected chi connectivity index (χ2v) is 7.29. The average molecular weight is 393 g/mol. The van der Waals surface area contributed by atoms with Crippen molar-refractivity contribution in [2.45, 2.75) is 45.8 Å². The number of urea groups is 1. The SMILES string of the molecule is CCCC(NC(=O)NCc1ccc(F)cc1)C(=O)N(C)Cc1scnc1C. The molecular formula is C19H25FN4O2S. The molecule has 2 aromatic rings. The van der Waals surface area contributed by atoms with Gasteiger partial charge in [-0.05, 0) is 31.0 Å². The van der Waals surface area contributed by atoms with E-state index in [0.29, 0.717) is 13.0 Å². The molecule has 0 saturated heterocycles. The number of benzene rings is 1. The third kappa shape index (κ3) is 6.32. The number of carbonyl (C=O) groups is 2. The van der Waals surface area contributed by atoms with Crippen LogP contribution in [-0.2, 0) is 17.9 Å². The summed E-state index contributed by atoms with van der Waals surface area (Å²) in [6.07, 6.45) is 1.32. The first-order chi connectivity index (χ1) is 12.9. The topological polar surface area (TPSA) is 74.3 Å². The summed E-state index contributed by atoms with van der Waals surface area (Å²) in [6.45, 7) is 4.60. The average Bonchev–Trinajstić information content (AvgIpc) is 3.05. The Morgan fingerprint density at radius 1 is 1.30 bits per heavy atom. The van der Waals surface area contributed by atoms with Crippen molar-refractivity contribution in [2.75, 3.05) is 7.05 Å². The highest BCUT2D eigenvalue weighted by Gasteiger charge is 2.24. The number of carbonyl (C=O) groups excluding carboxylic acids is 2. The number of likely N-dealkylation sites (N-methyl/N-ethyl adjacent to an activating group) is 1. The van der Waals surface area contributed by atoms with Gasteiger partial charge in [-0.3, -0.25) is 4.79 Å². The van der Waals surface area contributed by atoms with Crippen LogP contribution in [0.3, 0.4) is 0 Å². The van der Waals surface area contributed by atoms with Crippen molar-refractivity contribution in [2.24, 2.45) is 0 Å².